The number of carbonyl (C=O) groups is 1. The highest BCUT2D eigenvalue weighted by atomic mass is 32.2. The monoisotopic (exact) mass is 316 g/mol. The molecule has 0 aliphatic carbocycles. The van der Waals surface area contributed by atoms with E-state index in [9.17, 15) is 4.79 Å². The van der Waals surface area contributed by atoms with E-state index >= 15 is 0 Å². The highest BCUT2D eigenvalue weighted by molar-refractivity contribution is 8.01. The first-order chi connectivity index (χ1) is 9.17. The molecule has 2 aromatic heterocycles. The summed E-state index contributed by atoms with van der Waals surface area (Å²) in [6.07, 6.45) is 2.88. The van der Waals surface area contributed by atoms with Crippen molar-refractivity contribution in [1.29, 1.82) is 0 Å². The van der Waals surface area contributed by atoms with E-state index in [2.05, 4.69) is 27.4 Å². The van der Waals surface area contributed by atoms with E-state index in [0.717, 1.165) is 11.4 Å². The number of nitrogens with zero attached hydrogens (tertiary/aromatic N) is 3. The molecule has 0 aromatic carbocycles. The number of thioether (sulfide) groups is 1. The lowest BCUT2D eigenvalue weighted by atomic mass is 10.4. The van der Waals surface area contributed by atoms with E-state index in [0.29, 0.717) is 16.0 Å². The van der Waals surface area contributed by atoms with Crippen molar-refractivity contribution in [3.05, 3.63) is 16.1 Å². The number of carboxylic acid groups (broad SMARTS) is 1. The quantitative estimate of drug-likeness (QED) is 0.758. The average molecular weight is 316 g/mol. The lowest BCUT2D eigenvalue weighted by molar-refractivity contribution is -0.133. The smallest absolute Gasteiger partial charge is 0.313 e. The van der Waals surface area contributed by atoms with E-state index in [4.69, 9.17) is 5.11 Å². The van der Waals surface area contributed by atoms with Gasteiger partial charge >= 0.3 is 5.97 Å². The van der Waals surface area contributed by atoms with Gasteiger partial charge in [0.2, 0.25) is 5.13 Å². The Bertz CT molecular complexity index is 554. The first-order valence-electron chi connectivity index (χ1n) is 5.53. The predicted molar refractivity (Wildman–Crippen MR) is 77.1 cm³/mol. The number of carboxylic acids is 1. The minimum absolute atomic E-state index is 0.000966. The molecule has 0 fully saturated rings. The molecule has 0 saturated carbocycles. The fourth-order valence-electron chi connectivity index (χ4n) is 1.21. The second-order valence-corrected chi connectivity index (χ2v) is 6.88. The Morgan fingerprint density at radius 3 is 3.00 bits per heavy atom. The molecule has 19 heavy (non-hydrogen) atoms. The summed E-state index contributed by atoms with van der Waals surface area (Å²) in [5.41, 5.74) is 0. The third kappa shape index (κ3) is 4.44. The van der Waals surface area contributed by atoms with Crippen molar-refractivity contribution in [3.8, 4) is 0 Å². The van der Waals surface area contributed by atoms with Gasteiger partial charge in [0.05, 0.1) is 12.3 Å². The van der Waals surface area contributed by atoms with Crippen molar-refractivity contribution in [2.45, 2.75) is 24.2 Å². The van der Waals surface area contributed by atoms with Gasteiger partial charge in [-0.25, -0.2) is 4.98 Å². The number of aromatic nitrogens is 3. The molecule has 0 bridgehead atoms. The molecule has 0 aliphatic rings. The Hall–Kier alpha value is -1.19. The van der Waals surface area contributed by atoms with Gasteiger partial charge in [-0.15, -0.1) is 21.5 Å². The lowest BCUT2D eigenvalue weighted by Gasteiger charge is -1.96. The number of aryl methyl sites for hydroxylation is 1. The highest BCUT2D eigenvalue weighted by Crippen LogP contribution is 2.25. The molecule has 2 aromatic rings. The van der Waals surface area contributed by atoms with E-state index in [-0.39, 0.29) is 5.75 Å². The van der Waals surface area contributed by atoms with Crippen LogP contribution >= 0.6 is 34.4 Å². The summed E-state index contributed by atoms with van der Waals surface area (Å²) in [4.78, 5) is 16.0. The summed E-state index contributed by atoms with van der Waals surface area (Å²) in [5.74, 6) is -0.856. The largest absolute Gasteiger partial charge is 0.481 e. The summed E-state index contributed by atoms with van der Waals surface area (Å²) >= 11 is 4.19. The molecular formula is C10H12N4O2S3. The van der Waals surface area contributed by atoms with Crippen LogP contribution in [0.25, 0.3) is 0 Å². The Morgan fingerprint density at radius 2 is 2.32 bits per heavy atom. The van der Waals surface area contributed by atoms with Gasteiger partial charge in [0, 0.05) is 11.1 Å². The van der Waals surface area contributed by atoms with Gasteiger partial charge in [-0.2, -0.15) is 0 Å². The Kier molecular flexibility index (Phi) is 5.11. The predicted octanol–water partition coefficient (Wildman–Crippen LogP) is 2.35. The van der Waals surface area contributed by atoms with Gasteiger partial charge in [0.25, 0.3) is 0 Å². The SMILES string of the molecule is CCc1cnc(CNc2nnc(SCC(=O)O)s2)s1. The highest BCUT2D eigenvalue weighted by Gasteiger charge is 2.07. The maximum Gasteiger partial charge on any atom is 0.313 e. The topological polar surface area (TPSA) is 88.0 Å². The standard InChI is InChI=1S/C10H12N4O2S3/c1-2-6-3-11-7(18-6)4-12-9-13-14-10(19-9)17-5-8(15)16/h3H,2,4-5H2,1H3,(H,12,13)(H,15,16). The van der Waals surface area contributed by atoms with Crippen LogP contribution in [0.2, 0.25) is 0 Å². The van der Waals surface area contributed by atoms with Crippen LogP contribution in [0.1, 0.15) is 16.8 Å². The molecule has 0 spiro atoms. The van der Waals surface area contributed by atoms with E-state index in [1.807, 2.05) is 6.20 Å². The number of anilines is 1. The Morgan fingerprint density at radius 1 is 1.47 bits per heavy atom. The van der Waals surface area contributed by atoms with Crippen molar-refractivity contribution in [2.75, 3.05) is 11.1 Å². The molecule has 0 unspecified atom stereocenters. The third-order valence-electron chi connectivity index (χ3n) is 2.07. The van der Waals surface area contributed by atoms with Crippen molar-refractivity contribution in [3.63, 3.8) is 0 Å². The maximum absolute atomic E-state index is 10.4. The first-order valence-corrected chi connectivity index (χ1v) is 8.14. The Labute approximate surface area is 122 Å². The van der Waals surface area contributed by atoms with Crippen LogP contribution in [0.5, 0.6) is 0 Å². The van der Waals surface area contributed by atoms with E-state index in [1.165, 1.54) is 28.0 Å². The zero-order chi connectivity index (χ0) is 13.7. The minimum Gasteiger partial charge on any atom is -0.481 e. The molecule has 2 heterocycles. The molecule has 0 amide bonds. The number of aliphatic carboxylic acids is 1. The molecule has 0 saturated heterocycles. The average Bonchev–Trinajstić information content (AvgIpc) is 3.03. The Balaban J connectivity index is 1.84. The first kappa shape index (κ1) is 14.2. The maximum atomic E-state index is 10.4. The molecule has 9 heteroatoms. The summed E-state index contributed by atoms with van der Waals surface area (Å²) in [6.45, 7) is 2.71. The van der Waals surface area contributed by atoms with E-state index < -0.39 is 5.97 Å². The van der Waals surface area contributed by atoms with Crippen molar-refractivity contribution in [1.82, 2.24) is 15.2 Å². The van der Waals surface area contributed by atoms with Crippen LogP contribution in [0, 0.1) is 0 Å². The number of hydrogen-bond acceptors (Lipinski definition) is 8. The van der Waals surface area contributed by atoms with Crippen LogP contribution in [0.3, 0.4) is 0 Å². The van der Waals surface area contributed by atoms with Gasteiger partial charge in [0.1, 0.15) is 5.01 Å². The van der Waals surface area contributed by atoms with Crippen molar-refractivity contribution in [2.24, 2.45) is 0 Å². The molecule has 0 radical (unpaired) electrons. The molecule has 102 valence electrons. The normalized spacial score (nSPS) is 10.6. The summed E-state index contributed by atoms with van der Waals surface area (Å²) in [7, 11) is 0. The van der Waals surface area contributed by atoms with Crippen LogP contribution in [0.4, 0.5) is 5.13 Å². The fraction of sp³-hybridized carbons (Fsp3) is 0.400. The third-order valence-corrected chi connectivity index (χ3v) is 5.21. The van der Waals surface area contributed by atoms with Crippen molar-refractivity contribution < 1.29 is 9.90 Å². The number of rotatable bonds is 7. The zero-order valence-corrected chi connectivity index (χ0v) is 12.6. The number of thiazole rings is 1. The minimum atomic E-state index is -0.857. The molecule has 2 rings (SSSR count). The molecule has 0 atom stereocenters. The van der Waals surface area contributed by atoms with Gasteiger partial charge in [-0.05, 0) is 6.42 Å². The lowest BCUT2D eigenvalue weighted by Crippen LogP contribution is -1.97. The second kappa shape index (κ2) is 6.83. The zero-order valence-electron chi connectivity index (χ0n) is 10.1. The number of hydrogen-bond donors (Lipinski definition) is 2. The van der Waals surface area contributed by atoms with Crippen LogP contribution in [0.15, 0.2) is 10.5 Å². The van der Waals surface area contributed by atoms with Crippen molar-refractivity contribution >= 4 is 45.5 Å². The van der Waals surface area contributed by atoms with Gasteiger partial charge in [-0.1, -0.05) is 30.0 Å². The molecular weight excluding hydrogens is 304 g/mol. The van der Waals surface area contributed by atoms with Gasteiger partial charge < -0.3 is 10.4 Å². The molecule has 2 N–H and O–H groups in total. The van der Waals surface area contributed by atoms with Gasteiger partial charge in [-0.3, -0.25) is 4.79 Å². The van der Waals surface area contributed by atoms with E-state index in [1.54, 1.807) is 11.3 Å². The summed E-state index contributed by atoms with van der Waals surface area (Å²) in [6, 6.07) is 0. The summed E-state index contributed by atoms with van der Waals surface area (Å²) in [5, 5.41) is 21.3. The second-order valence-electron chi connectivity index (χ2n) is 3.48. The number of nitrogens with one attached hydrogen (secondary N) is 1. The summed E-state index contributed by atoms with van der Waals surface area (Å²) < 4.78 is 0.651. The molecule has 6 nitrogen and oxygen atoms in total. The van der Waals surface area contributed by atoms with Crippen LogP contribution in [-0.4, -0.2) is 32.0 Å². The van der Waals surface area contributed by atoms with Crippen LogP contribution < -0.4 is 5.32 Å². The van der Waals surface area contributed by atoms with Crippen LogP contribution in [-0.2, 0) is 17.8 Å². The fourth-order valence-corrected chi connectivity index (χ4v) is 3.48. The molecule has 0 aliphatic heterocycles. The van der Waals surface area contributed by atoms with Gasteiger partial charge in [0.15, 0.2) is 4.34 Å².